The quantitative estimate of drug-likeness (QED) is 0.803. The predicted octanol–water partition coefficient (Wildman–Crippen LogP) is 3.02. The van der Waals surface area contributed by atoms with Crippen LogP contribution in [0.3, 0.4) is 0 Å². The van der Waals surface area contributed by atoms with Crippen molar-refractivity contribution in [2.24, 2.45) is 17.6 Å². The highest BCUT2D eigenvalue weighted by molar-refractivity contribution is 5.77. The summed E-state index contributed by atoms with van der Waals surface area (Å²) >= 11 is 0. The molecule has 2 rings (SSSR count). The average Bonchev–Trinajstić information content (AvgIpc) is 3.22. The van der Waals surface area contributed by atoms with Gasteiger partial charge in [0.2, 0.25) is 5.91 Å². The van der Waals surface area contributed by atoms with Gasteiger partial charge < -0.3 is 11.1 Å². The van der Waals surface area contributed by atoms with Crippen molar-refractivity contribution in [2.75, 3.05) is 0 Å². The molecule has 0 saturated heterocycles. The predicted molar refractivity (Wildman–Crippen MR) is 82.1 cm³/mol. The summed E-state index contributed by atoms with van der Waals surface area (Å²) in [5, 5.41) is 3.16. The number of hydrogen-bond donors (Lipinski definition) is 2. The van der Waals surface area contributed by atoms with Crippen molar-refractivity contribution in [3.63, 3.8) is 0 Å². The molecule has 110 valence electrons. The fourth-order valence-electron chi connectivity index (χ4n) is 2.59. The van der Waals surface area contributed by atoms with Crippen molar-refractivity contribution < 1.29 is 4.79 Å². The molecule has 3 nitrogen and oxygen atoms in total. The molecule has 0 aromatic heterocycles. The van der Waals surface area contributed by atoms with Gasteiger partial charge >= 0.3 is 0 Å². The molecule has 1 aromatic rings. The summed E-state index contributed by atoms with van der Waals surface area (Å²) in [4.78, 5) is 12.2. The van der Waals surface area contributed by atoms with Crippen LogP contribution in [-0.4, -0.2) is 11.9 Å². The standard InChI is InChI=1S/C17H26N2O/c1-12(2)10-16(14-6-4-3-5-7-14)19-17(20)11-15(18)13-8-9-13/h3-7,12-13,15-16H,8-11,18H2,1-2H3,(H,19,20). The third kappa shape index (κ3) is 4.64. The van der Waals surface area contributed by atoms with E-state index in [4.69, 9.17) is 5.73 Å². The molecule has 1 aliphatic rings. The van der Waals surface area contributed by atoms with E-state index in [1.54, 1.807) is 0 Å². The Bertz CT molecular complexity index is 426. The minimum atomic E-state index is 0.0328. The number of benzene rings is 1. The molecule has 0 bridgehead atoms. The zero-order valence-electron chi connectivity index (χ0n) is 12.5. The van der Waals surface area contributed by atoms with Crippen LogP contribution in [0, 0.1) is 11.8 Å². The summed E-state index contributed by atoms with van der Waals surface area (Å²) in [6.45, 7) is 4.36. The summed E-state index contributed by atoms with van der Waals surface area (Å²) < 4.78 is 0. The minimum absolute atomic E-state index is 0.0328. The average molecular weight is 274 g/mol. The normalized spacial score (nSPS) is 17.8. The molecule has 1 saturated carbocycles. The highest BCUT2D eigenvalue weighted by Crippen LogP contribution is 2.33. The number of carbonyl (C=O) groups excluding carboxylic acids is 1. The van der Waals surface area contributed by atoms with E-state index in [0.717, 1.165) is 6.42 Å². The number of carbonyl (C=O) groups is 1. The van der Waals surface area contributed by atoms with Crippen LogP contribution in [0.5, 0.6) is 0 Å². The smallest absolute Gasteiger partial charge is 0.222 e. The largest absolute Gasteiger partial charge is 0.349 e. The monoisotopic (exact) mass is 274 g/mol. The van der Waals surface area contributed by atoms with Gasteiger partial charge in [0.1, 0.15) is 0 Å². The van der Waals surface area contributed by atoms with Crippen molar-refractivity contribution >= 4 is 5.91 Å². The van der Waals surface area contributed by atoms with Crippen LogP contribution in [0.1, 0.15) is 51.1 Å². The third-order valence-corrected chi connectivity index (χ3v) is 3.89. The number of rotatable bonds is 7. The van der Waals surface area contributed by atoms with Crippen molar-refractivity contribution in [2.45, 2.75) is 51.6 Å². The number of amides is 1. The minimum Gasteiger partial charge on any atom is -0.349 e. The summed E-state index contributed by atoms with van der Waals surface area (Å²) in [5.41, 5.74) is 7.21. The first-order valence-electron chi connectivity index (χ1n) is 7.66. The maximum Gasteiger partial charge on any atom is 0.222 e. The zero-order valence-corrected chi connectivity index (χ0v) is 12.5. The SMILES string of the molecule is CC(C)CC(NC(=O)CC(N)C1CC1)c1ccccc1. The van der Waals surface area contributed by atoms with E-state index < -0.39 is 0 Å². The lowest BCUT2D eigenvalue weighted by Gasteiger charge is -2.22. The molecule has 1 aliphatic carbocycles. The van der Waals surface area contributed by atoms with E-state index in [0.29, 0.717) is 18.3 Å². The molecular formula is C17H26N2O. The third-order valence-electron chi connectivity index (χ3n) is 3.89. The Labute approximate surface area is 121 Å². The van der Waals surface area contributed by atoms with Crippen molar-refractivity contribution in [3.8, 4) is 0 Å². The zero-order chi connectivity index (χ0) is 14.5. The van der Waals surface area contributed by atoms with E-state index in [1.165, 1.54) is 18.4 Å². The van der Waals surface area contributed by atoms with Crippen LogP contribution in [0.2, 0.25) is 0 Å². The van der Waals surface area contributed by atoms with Gasteiger partial charge in [-0.2, -0.15) is 0 Å². The summed E-state index contributed by atoms with van der Waals surface area (Å²) in [5.74, 6) is 1.19. The molecule has 3 N–H and O–H groups in total. The van der Waals surface area contributed by atoms with Gasteiger partial charge in [0.15, 0.2) is 0 Å². The number of hydrogen-bond acceptors (Lipinski definition) is 2. The molecular weight excluding hydrogens is 248 g/mol. The van der Waals surface area contributed by atoms with Gasteiger partial charge in [-0.05, 0) is 36.7 Å². The molecule has 1 fully saturated rings. The van der Waals surface area contributed by atoms with E-state index in [2.05, 4.69) is 31.3 Å². The Hall–Kier alpha value is -1.35. The van der Waals surface area contributed by atoms with E-state index in [1.807, 2.05) is 18.2 Å². The lowest BCUT2D eigenvalue weighted by atomic mass is 9.96. The van der Waals surface area contributed by atoms with Gasteiger partial charge in [0, 0.05) is 12.5 Å². The Morgan fingerprint density at radius 1 is 1.30 bits per heavy atom. The molecule has 0 aliphatic heterocycles. The second-order valence-corrected chi connectivity index (χ2v) is 6.37. The Morgan fingerprint density at radius 3 is 2.50 bits per heavy atom. The van der Waals surface area contributed by atoms with Crippen LogP contribution < -0.4 is 11.1 Å². The van der Waals surface area contributed by atoms with Gasteiger partial charge in [-0.25, -0.2) is 0 Å². The van der Waals surface area contributed by atoms with Crippen LogP contribution >= 0.6 is 0 Å². The van der Waals surface area contributed by atoms with Gasteiger partial charge in [-0.1, -0.05) is 44.2 Å². The second kappa shape index (κ2) is 6.89. The highest BCUT2D eigenvalue weighted by atomic mass is 16.1. The Kier molecular flexibility index (Phi) is 5.18. The molecule has 0 radical (unpaired) electrons. The second-order valence-electron chi connectivity index (χ2n) is 6.37. The molecule has 1 aromatic carbocycles. The van der Waals surface area contributed by atoms with Crippen molar-refractivity contribution in [3.05, 3.63) is 35.9 Å². The first kappa shape index (κ1) is 15.0. The topological polar surface area (TPSA) is 55.1 Å². The first-order valence-corrected chi connectivity index (χ1v) is 7.66. The molecule has 3 heteroatoms. The summed E-state index contributed by atoms with van der Waals surface area (Å²) in [7, 11) is 0. The van der Waals surface area contributed by atoms with Gasteiger partial charge in [0.25, 0.3) is 0 Å². The van der Waals surface area contributed by atoms with E-state index >= 15 is 0 Å². The molecule has 2 unspecified atom stereocenters. The van der Waals surface area contributed by atoms with Gasteiger partial charge in [-0.3, -0.25) is 4.79 Å². The lowest BCUT2D eigenvalue weighted by Crippen LogP contribution is -2.35. The highest BCUT2D eigenvalue weighted by Gasteiger charge is 2.30. The molecule has 0 spiro atoms. The Morgan fingerprint density at radius 2 is 1.95 bits per heavy atom. The van der Waals surface area contributed by atoms with E-state index in [9.17, 15) is 4.79 Å². The maximum atomic E-state index is 12.2. The lowest BCUT2D eigenvalue weighted by molar-refractivity contribution is -0.122. The fraction of sp³-hybridized carbons (Fsp3) is 0.588. The van der Waals surface area contributed by atoms with Crippen LogP contribution in [0.25, 0.3) is 0 Å². The maximum absolute atomic E-state index is 12.2. The Balaban J connectivity index is 1.94. The summed E-state index contributed by atoms with van der Waals surface area (Å²) in [6, 6.07) is 10.3. The molecule has 1 amide bonds. The summed E-state index contributed by atoms with van der Waals surface area (Å²) in [6.07, 6.45) is 3.77. The van der Waals surface area contributed by atoms with Crippen LogP contribution in [0.4, 0.5) is 0 Å². The van der Waals surface area contributed by atoms with Crippen molar-refractivity contribution in [1.82, 2.24) is 5.32 Å². The molecule has 2 atom stereocenters. The van der Waals surface area contributed by atoms with E-state index in [-0.39, 0.29) is 18.0 Å². The number of nitrogens with one attached hydrogen (secondary N) is 1. The van der Waals surface area contributed by atoms with Gasteiger partial charge in [-0.15, -0.1) is 0 Å². The first-order chi connectivity index (χ1) is 9.56. The van der Waals surface area contributed by atoms with Crippen LogP contribution in [-0.2, 0) is 4.79 Å². The van der Waals surface area contributed by atoms with Crippen molar-refractivity contribution in [1.29, 1.82) is 0 Å². The van der Waals surface area contributed by atoms with Crippen LogP contribution in [0.15, 0.2) is 30.3 Å². The molecule has 20 heavy (non-hydrogen) atoms. The fourth-order valence-corrected chi connectivity index (χ4v) is 2.59. The molecule has 0 heterocycles. The number of nitrogens with two attached hydrogens (primary N) is 1. The van der Waals surface area contributed by atoms with Gasteiger partial charge in [0.05, 0.1) is 6.04 Å².